The zero-order chi connectivity index (χ0) is 20.9. The number of benzene rings is 1. The van der Waals surface area contributed by atoms with E-state index in [1.54, 1.807) is 26.0 Å². The summed E-state index contributed by atoms with van der Waals surface area (Å²) in [6, 6.07) is 6.31. The Morgan fingerprint density at radius 1 is 1.25 bits per heavy atom. The number of nitrogens with one attached hydrogen (secondary N) is 1. The number of rotatable bonds is 9. The minimum absolute atomic E-state index is 0.150. The van der Waals surface area contributed by atoms with Crippen LogP contribution < -0.4 is 5.32 Å². The molecule has 1 heterocycles. The fraction of sp³-hybridized carbons (Fsp3) is 0.500. The van der Waals surface area contributed by atoms with E-state index in [0.717, 1.165) is 5.82 Å². The maximum atomic E-state index is 12.6. The first-order valence-electron chi connectivity index (χ1n) is 9.12. The molecule has 2 aromatic rings. The summed E-state index contributed by atoms with van der Waals surface area (Å²) in [5, 5.41) is 11.7. The highest BCUT2D eigenvalue weighted by molar-refractivity contribution is 7.99. The summed E-state index contributed by atoms with van der Waals surface area (Å²) >= 11 is 1.29. The predicted octanol–water partition coefficient (Wildman–Crippen LogP) is 2.70. The van der Waals surface area contributed by atoms with Gasteiger partial charge in [0, 0.05) is 31.7 Å². The van der Waals surface area contributed by atoms with Crippen molar-refractivity contribution < 1.29 is 13.2 Å². The second kappa shape index (κ2) is 9.53. The molecule has 1 amide bonds. The van der Waals surface area contributed by atoms with Crippen molar-refractivity contribution in [3.8, 4) is 0 Å². The number of carbonyl (C=O) groups is 1. The molecule has 28 heavy (non-hydrogen) atoms. The topological polar surface area (TPSA) is 97.2 Å². The molecule has 0 aliphatic heterocycles. The van der Waals surface area contributed by atoms with Gasteiger partial charge >= 0.3 is 0 Å². The van der Waals surface area contributed by atoms with E-state index in [-0.39, 0.29) is 22.5 Å². The summed E-state index contributed by atoms with van der Waals surface area (Å²) in [4.78, 5) is 12.5. The highest BCUT2D eigenvalue weighted by Gasteiger charge is 2.22. The molecular weight excluding hydrogens is 398 g/mol. The van der Waals surface area contributed by atoms with Crippen LogP contribution >= 0.6 is 11.8 Å². The lowest BCUT2D eigenvalue weighted by atomic mass is 10.2. The minimum atomic E-state index is -3.57. The minimum Gasteiger partial charge on any atom is -0.325 e. The molecule has 0 fully saturated rings. The zero-order valence-electron chi connectivity index (χ0n) is 16.8. The lowest BCUT2D eigenvalue weighted by Crippen LogP contribution is -2.30. The van der Waals surface area contributed by atoms with Crippen molar-refractivity contribution in [1.82, 2.24) is 19.1 Å². The van der Waals surface area contributed by atoms with E-state index in [2.05, 4.69) is 15.5 Å². The van der Waals surface area contributed by atoms with Crippen LogP contribution in [0.2, 0.25) is 0 Å². The van der Waals surface area contributed by atoms with Crippen LogP contribution in [0.15, 0.2) is 34.3 Å². The summed E-state index contributed by atoms with van der Waals surface area (Å²) in [5.74, 6) is 1.02. The summed E-state index contributed by atoms with van der Waals surface area (Å²) in [7, 11) is -1.70. The first kappa shape index (κ1) is 22.4. The van der Waals surface area contributed by atoms with E-state index in [1.165, 1.54) is 28.2 Å². The van der Waals surface area contributed by atoms with Crippen LogP contribution in [0.4, 0.5) is 5.69 Å². The number of hydrogen-bond acceptors (Lipinski definition) is 6. The second-order valence-corrected chi connectivity index (χ2v) is 9.39. The first-order valence-corrected chi connectivity index (χ1v) is 11.5. The van der Waals surface area contributed by atoms with Gasteiger partial charge in [0.1, 0.15) is 5.82 Å². The normalized spacial score (nSPS) is 12.0. The third kappa shape index (κ3) is 5.12. The molecule has 154 valence electrons. The number of thioether (sulfide) groups is 1. The van der Waals surface area contributed by atoms with Crippen molar-refractivity contribution in [2.75, 3.05) is 24.2 Å². The van der Waals surface area contributed by atoms with Crippen LogP contribution in [0.5, 0.6) is 0 Å². The Hall–Kier alpha value is -1.91. The van der Waals surface area contributed by atoms with Gasteiger partial charge in [0.05, 0.1) is 10.6 Å². The summed E-state index contributed by atoms with van der Waals surface area (Å²) in [5.41, 5.74) is 0.444. The van der Waals surface area contributed by atoms with Gasteiger partial charge in [-0.1, -0.05) is 45.5 Å². The van der Waals surface area contributed by atoms with Crippen LogP contribution in [-0.4, -0.2) is 52.2 Å². The van der Waals surface area contributed by atoms with Gasteiger partial charge in [-0.25, -0.2) is 8.42 Å². The fourth-order valence-electron chi connectivity index (χ4n) is 2.73. The largest absolute Gasteiger partial charge is 0.325 e. The van der Waals surface area contributed by atoms with Gasteiger partial charge in [-0.05, 0) is 18.2 Å². The molecule has 0 spiro atoms. The average molecular weight is 426 g/mol. The third-order valence-electron chi connectivity index (χ3n) is 4.18. The number of nitrogens with zero attached hydrogens (tertiary/aromatic N) is 4. The molecule has 0 atom stereocenters. The summed E-state index contributed by atoms with van der Waals surface area (Å²) < 4.78 is 28.5. The summed E-state index contributed by atoms with van der Waals surface area (Å²) in [6.45, 7) is 8.43. The van der Waals surface area contributed by atoms with E-state index >= 15 is 0 Å². The first-order chi connectivity index (χ1) is 13.2. The van der Waals surface area contributed by atoms with E-state index in [4.69, 9.17) is 0 Å². The molecule has 0 aliphatic rings. The van der Waals surface area contributed by atoms with Crippen molar-refractivity contribution >= 4 is 33.4 Å². The lowest BCUT2D eigenvalue weighted by molar-refractivity contribution is -0.113. The number of anilines is 1. The fourth-order valence-corrected chi connectivity index (χ4v) is 4.95. The van der Waals surface area contributed by atoms with Crippen LogP contribution in [0, 0.1) is 0 Å². The predicted molar refractivity (Wildman–Crippen MR) is 111 cm³/mol. The highest BCUT2D eigenvalue weighted by atomic mass is 32.2. The number of sulfonamides is 1. The van der Waals surface area contributed by atoms with Crippen molar-refractivity contribution in [2.24, 2.45) is 7.05 Å². The average Bonchev–Trinajstić information content (AvgIpc) is 3.02. The third-order valence-corrected chi connectivity index (χ3v) is 7.24. The second-order valence-electron chi connectivity index (χ2n) is 6.51. The number of hydrogen-bond donors (Lipinski definition) is 1. The molecular formula is C18H27N5O3S2. The van der Waals surface area contributed by atoms with Crippen molar-refractivity contribution in [1.29, 1.82) is 0 Å². The van der Waals surface area contributed by atoms with Crippen molar-refractivity contribution in [3.05, 3.63) is 30.1 Å². The molecule has 0 unspecified atom stereocenters. The summed E-state index contributed by atoms with van der Waals surface area (Å²) in [6.07, 6.45) is 0. The van der Waals surface area contributed by atoms with Crippen LogP contribution in [-0.2, 0) is 21.9 Å². The van der Waals surface area contributed by atoms with E-state index in [1.807, 2.05) is 25.5 Å². The highest BCUT2D eigenvalue weighted by Crippen LogP contribution is 2.22. The standard InChI is InChI=1S/C18H27N5O3S2/c1-6-23(7-2)28(25,26)15-10-8-9-14(11-15)19-16(24)12-27-18-21-20-17(13(3)4)22(18)5/h8-11,13H,6-7,12H2,1-5H3,(H,19,24). The van der Waals surface area contributed by atoms with Gasteiger partial charge < -0.3 is 9.88 Å². The van der Waals surface area contributed by atoms with Gasteiger partial charge in [-0.15, -0.1) is 10.2 Å². The molecule has 0 saturated carbocycles. The maximum absolute atomic E-state index is 12.6. The van der Waals surface area contributed by atoms with Gasteiger partial charge in [-0.3, -0.25) is 4.79 Å². The van der Waals surface area contributed by atoms with Gasteiger partial charge in [0.15, 0.2) is 5.16 Å². The van der Waals surface area contributed by atoms with E-state index < -0.39 is 10.0 Å². The Labute approximate surface area is 170 Å². The van der Waals surface area contributed by atoms with Crippen molar-refractivity contribution in [3.63, 3.8) is 0 Å². The number of carbonyl (C=O) groups excluding carboxylic acids is 1. The zero-order valence-corrected chi connectivity index (χ0v) is 18.5. The van der Waals surface area contributed by atoms with E-state index in [9.17, 15) is 13.2 Å². The van der Waals surface area contributed by atoms with Gasteiger partial charge in [-0.2, -0.15) is 4.31 Å². The molecule has 0 bridgehead atoms. The number of amides is 1. The Balaban J connectivity index is 2.05. The monoisotopic (exact) mass is 425 g/mol. The SMILES string of the molecule is CCN(CC)S(=O)(=O)c1cccc(NC(=O)CSc2nnc(C(C)C)n2C)c1. The molecule has 0 saturated heterocycles. The number of aromatic nitrogens is 3. The Morgan fingerprint density at radius 3 is 2.50 bits per heavy atom. The maximum Gasteiger partial charge on any atom is 0.243 e. The molecule has 1 aromatic carbocycles. The molecule has 1 N–H and O–H groups in total. The quantitative estimate of drug-likeness (QED) is 0.621. The molecule has 0 radical (unpaired) electrons. The Kier molecular flexibility index (Phi) is 7.62. The van der Waals surface area contributed by atoms with Gasteiger partial charge in [0.2, 0.25) is 15.9 Å². The molecule has 1 aromatic heterocycles. The Morgan fingerprint density at radius 2 is 1.93 bits per heavy atom. The Bertz CT molecular complexity index is 921. The van der Waals surface area contributed by atoms with Gasteiger partial charge in [0.25, 0.3) is 0 Å². The van der Waals surface area contributed by atoms with Crippen LogP contribution in [0.25, 0.3) is 0 Å². The smallest absolute Gasteiger partial charge is 0.243 e. The molecule has 2 rings (SSSR count). The lowest BCUT2D eigenvalue weighted by Gasteiger charge is -2.18. The van der Waals surface area contributed by atoms with Crippen LogP contribution in [0.3, 0.4) is 0 Å². The molecule has 0 aliphatic carbocycles. The van der Waals surface area contributed by atoms with Crippen molar-refractivity contribution in [2.45, 2.75) is 43.7 Å². The van der Waals surface area contributed by atoms with Crippen LogP contribution in [0.1, 0.15) is 39.4 Å². The molecule has 10 heteroatoms. The van der Waals surface area contributed by atoms with E-state index in [0.29, 0.717) is 23.9 Å². The molecule has 8 nitrogen and oxygen atoms in total.